The van der Waals surface area contributed by atoms with Crippen LogP contribution in [-0.2, 0) is 5.92 Å². The predicted molar refractivity (Wildman–Crippen MR) is 117 cm³/mol. The first kappa shape index (κ1) is 20.5. The molecule has 0 aliphatic carbocycles. The molecule has 0 atom stereocenters. The summed E-state index contributed by atoms with van der Waals surface area (Å²) in [5.74, 6) is -2.36. The fraction of sp³-hybridized carbons (Fsp3) is 0.200. The topological polar surface area (TPSA) is 9.23 Å². The first-order valence-corrected chi connectivity index (χ1v) is 10.5. The molecule has 1 nitrogen and oxygen atoms in total. The van der Waals surface area contributed by atoms with Crippen molar-refractivity contribution in [2.75, 3.05) is 0 Å². The third kappa shape index (κ3) is 3.94. The molecule has 0 bridgehead atoms. The van der Waals surface area contributed by atoms with Crippen LogP contribution in [0, 0.1) is 5.82 Å². The van der Waals surface area contributed by atoms with Gasteiger partial charge in [-0.3, -0.25) is 0 Å². The van der Waals surface area contributed by atoms with Crippen molar-refractivity contribution in [1.82, 2.24) is 0 Å². The second-order valence-corrected chi connectivity index (χ2v) is 8.71. The molecular formula is C25H21F3OS. The van der Waals surface area contributed by atoms with Crippen LogP contribution in [-0.4, -0.2) is 0 Å². The Morgan fingerprint density at radius 1 is 0.933 bits per heavy atom. The van der Waals surface area contributed by atoms with E-state index in [0.29, 0.717) is 22.3 Å². The summed E-state index contributed by atoms with van der Waals surface area (Å²) in [6.45, 7) is 5.01. The number of halogens is 3. The molecule has 0 saturated heterocycles. The van der Waals surface area contributed by atoms with Crippen LogP contribution >= 0.6 is 11.3 Å². The number of ether oxygens (including phenoxy) is 1. The molecule has 0 spiro atoms. The zero-order valence-corrected chi connectivity index (χ0v) is 17.7. The van der Waals surface area contributed by atoms with Crippen LogP contribution in [0.5, 0.6) is 11.5 Å². The van der Waals surface area contributed by atoms with Gasteiger partial charge in [0.05, 0.1) is 4.88 Å². The maximum absolute atomic E-state index is 14.3. The van der Waals surface area contributed by atoms with E-state index in [1.807, 2.05) is 48.5 Å². The standard InChI is InChI=1S/C25H21F3OS/c1-15(2)16-8-11-18(12-9-16)29-23-20-6-4-5-7-22(20)30-24(23)19-13-10-17(26)14-21(19)25(3,27)28/h4-15H,1-3H3. The monoisotopic (exact) mass is 426 g/mol. The predicted octanol–water partition coefficient (Wildman–Crippen LogP) is 8.73. The fourth-order valence-electron chi connectivity index (χ4n) is 3.42. The Labute approximate surface area is 177 Å². The summed E-state index contributed by atoms with van der Waals surface area (Å²) >= 11 is 1.36. The number of hydrogen-bond donors (Lipinski definition) is 0. The summed E-state index contributed by atoms with van der Waals surface area (Å²) in [5, 5.41) is 0.833. The zero-order chi connectivity index (χ0) is 21.5. The lowest BCUT2D eigenvalue weighted by atomic mass is 10.00. The van der Waals surface area contributed by atoms with Crippen LogP contribution in [0.15, 0.2) is 66.7 Å². The molecule has 0 unspecified atom stereocenters. The number of thiophene rings is 1. The van der Waals surface area contributed by atoms with E-state index >= 15 is 0 Å². The second kappa shape index (κ2) is 7.80. The number of alkyl halides is 2. The van der Waals surface area contributed by atoms with Gasteiger partial charge in [0, 0.05) is 28.1 Å². The smallest absolute Gasteiger partial charge is 0.271 e. The average Bonchev–Trinajstić information content (AvgIpc) is 3.06. The van der Waals surface area contributed by atoms with Crippen LogP contribution in [0.1, 0.15) is 37.8 Å². The number of rotatable bonds is 5. The molecule has 3 aromatic carbocycles. The van der Waals surface area contributed by atoms with Gasteiger partial charge in [0.1, 0.15) is 11.6 Å². The molecule has 0 fully saturated rings. The van der Waals surface area contributed by atoms with Crippen LogP contribution in [0.4, 0.5) is 13.2 Å². The van der Waals surface area contributed by atoms with Crippen LogP contribution < -0.4 is 4.74 Å². The maximum atomic E-state index is 14.3. The molecule has 154 valence electrons. The van der Waals surface area contributed by atoms with Gasteiger partial charge < -0.3 is 4.74 Å². The molecule has 0 N–H and O–H groups in total. The molecule has 4 aromatic rings. The van der Waals surface area contributed by atoms with Gasteiger partial charge in [-0.2, -0.15) is 0 Å². The van der Waals surface area contributed by atoms with Gasteiger partial charge in [0.2, 0.25) is 0 Å². The van der Waals surface area contributed by atoms with Gasteiger partial charge in [-0.05, 0) is 47.9 Å². The van der Waals surface area contributed by atoms with E-state index in [1.165, 1.54) is 29.0 Å². The Morgan fingerprint density at radius 2 is 1.63 bits per heavy atom. The van der Waals surface area contributed by atoms with Crippen LogP contribution in [0.2, 0.25) is 0 Å². The molecule has 1 heterocycles. The molecule has 0 saturated carbocycles. The Kier molecular flexibility index (Phi) is 5.33. The molecule has 30 heavy (non-hydrogen) atoms. The van der Waals surface area contributed by atoms with Gasteiger partial charge in [0.15, 0.2) is 5.75 Å². The van der Waals surface area contributed by atoms with Crippen molar-refractivity contribution in [2.24, 2.45) is 0 Å². The van der Waals surface area contributed by atoms with E-state index in [2.05, 4.69) is 13.8 Å². The van der Waals surface area contributed by atoms with Gasteiger partial charge in [-0.25, -0.2) is 13.2 Å². The minimum atomic E-state index is -3.19. The largest absolute Gasteiger partial charge is 0.455 e. The molecule has 4 rings (SSSR count). The van der Waals surface area contributed by atoms with E-state index < -0.39 is 11.7 Å². The summed E-state index contributed by atoms with van der Waals surface area (Å²) in [5.41, 5.74) is 1.11. The zero-order valence-electron chi connectivity index (χ0n) is 16.9. The third-order valence-electron chi connectivity index (χ3n) is 5.02. The Bertz CT molecular complexity index is 1190. The summed E-state index contributed by atoms with van der Waals surface area (Å²) < 4.78 is 49.5. The molecule has 0 amide bonds. The van der Waals surface area contributed by atoms with Crippen LogP contribution in [0.25, 0.3) is 20.5 Å². The first-order valence-electron chi connectivity index (χ1n) is 9.71. The highest BCUT2D eigenvalue weighted by Gasteiger charge is 2.31. The van der Waals surface area contributed by atoms with Crippen molar-refractivity contribution < 1.29 is 17.9 Å². The van der Waals surface area contributed by atoms with Crippen molar-refractivity contribution >= 4 is 21.4 Å². The quantitative estimate of drug-likeness (QED) is 0.310. The number of benzene rings is 3. The third-order valence-corrected chi connectivity index (χ3v) is 6.20. The SMILES string of the molecule is CC(C)c1ccc(Oc2c(-c3ccc(F)cc3C(C)(F)F)sc3ccccc23)cc1. The molecule has 0 radical (unpaired) electrons. The summed E-state index contributed by atoms with van der Waals surface area (Å²) in [6, 6.07) is 18.9. The van der Waals surface area contributed by atoms with Gasteiger partial charge in [-0.1, -0.05) is 44.2 Å². The van der Waals surface area contributed by atoms with Crippen molar-refractivity contribution in [3.8, 4) is 21.9 Å². The van der Waals surface area contributed by atoms with Gasteiger partial charge in [-0.15, -0.1) is 11.3 Å². The second-order valence-electron chi connectivity index (χ2n) is 7.66. The normalized spacial score (nSPS) is 12.0. The Morgan fingerprint density at radius 3 is 2.30 bits per heavy atom. The molecule has 0 aliphatic heterocycles. The highest BCUT2D eigenvalue weighted by atomic mass is 32.1. The summed E-state index contributed by atoms with van der Waals surface area (Å²) in [7, 11) is 0. The van der Waals surface area contributed by atoms with E-state index in [-0.39, 0.29) is 11.1 Å². The highest BCUT2D eigenvalue weighted by molar-refractivity contribution is 7.22. The van der Waals surface area contributed by atoms with E-state index in [1.54, 1.807) is 0 Å². The lowest BCUT2D eigenvalue weighted by molar-refractivity contribution is 0.0178. The number of hydrogen-bond acceptors (Lipinski definition) is 2. The van der Waals surface area contributed by atoms with Crippen molar-refractivity contribution in [3.63, 3.8) is 0 Å². The molecule has 0 aliphatic rings. The Hall–Kier alpha value is -2.79. The minimum Gasteiger partial charge on any atom is -0.455 e. The van der Waals surface area contributed by atoms with E-state index in [9.17, 15) is 13.2 Å². The van der Waals surface area contributed by atoms with Crippen molar-refractivity contribution in [3.05, 3.63) is 83.7 Å². The molecule has 5 heteroatoms. The Balaban J connectivity index is 1.88. The van der Waals surface area contributed by atoms with Crippen LogP contribution in [0.3, 0.4) is 0 Å². The minimum absolute atomic E-state index is 0.277. The lowest BCUT2D eigenvalue weighted by Crippen LogP contribution is -2.09. The van der Waals surface area contributed by atoms with E-state index in [0.717, 1.165) is 23.1 Å². The van der Waals surface area contributed by atoms with Crippen molar-refractivity contribution in [1.29, 1.82) is 0 Å². The maximum Gasteiger partial charge on any atom is 0.271 e. The lowest BCUT2D eigenvalue weighted by Gasteiger charge is -2.16. The van der Waals surface area contributed by atoms with Gasteiger partial charge in [0.25, 0.3) is 5.92 Å². The van der Waals surface area contributed by atoms with Gasteiger partial charge >= 0.3 is 0 Å². The number of fused-ring (bicyclic) bond motifs is 1. The summed E-state index contributed by atoms with van der Waals surface area (Å²) in [4.78, 5) is 0.556. The summed E-state index contributed by atoms with van der Waals surface area (Å²) in [6.07, 6.45) is 0. The molecular weight excluding hydrogens is 405 g/mol. The van der Waals surface area contributed by atoms with Crippen molar-refractivity contribution in [2.45, 2.75) is 32.6 Å². The molecule has 1 aromatic heterocycles. The average molecular weight is 427 g/mol. The first-order chi connectivity index (χ1) is 14.2. The highest BCUT2D eigenvalue weighted by Crippen LogP contribution is 2.49. The van der Waals surface area contributed by atoms with E-state index in [4.69, 9.17) is 4.74 Å². The fourth-order valence-corrected chi connectivity index (χ4v) is 4.59.